The van der Waals surface area contributed by atoms with Gasteiger partial charge in [-0.15, -0.1) is 0 Å². The fraction of sp³-hybridized carbons (Fsp3) is 0.300. The zero-order valence-electron chi connectivity index (χ0n) is 8.90. The molecule has 6 heteroatoms. The first-order valence-electron chi connectivity index (χ1n) is 4.62. The van der Waals surface area contributed by atoms with Gasteiger partial charge in [-0.25, -0.2) is 0 Å². The van der Waals surface area contributed by atoms with Crippen LogP contribution in [0.2, 0.25) is 0 Å². The third-order valence-electron chi connectivity index (χ3n) is 2.26. The monoisotopic (exact) mass is 353 g/mol. The minimum Gasteiger partial charge on any atom is -0.299 e. The second-order valence-corrected chi connectivity index (χ2v) is 8.05. The van der Waals surface area contributed by atoms with Crippen molar-refractivity contribution in [1.29, 1.82) is 0 Å². The molecule has 0 spiro atoms. The van der Waals surface area contributed by atoms with Gasteiger partial charge in [0, 0.05) is 11.6 Å². The van der Waals surface area contributed by atoms with E-state index in [0.29, 0.717) is 5.69 Å². The van der Waals surface area contributed by atoms with Gasteiger partial charge in [-0.2, -0.15) is 8.42 Å². The molecule has 1 atom stereocenters. The second kappa shape index (κ2) is 5.13. The van der Waals surface area contributed by atoms with Crippen LogP contribution in [0.15, 0.2) is 24.3 Å². The normalized spacial score (nSPS) is 13.2. The SMILES string of the molecule is CC(=O)[C@H](C)c1ccc(NS(=O)(=O)I)cc1. The minimum atomic E-state index is -3.27. The van der Waals surface area contributed by atoms with E-state index in [1.165, 1.54) is 28.1 Å². The highest BCUT2D eigenvalue weighted by molar-refractivity contribution is 14.2. The summed E-state index contributed by atoms with van der Waals surface area (Å²) in [4.78, 5) is 11.1. The second-order valence-electron chi connectivity index (χ2n) is 3.49. The Morgan fingerprint density at radius 1 is 1.31 bits per heavy atom. The maximum absolute atomic E-state index is 11.1. The van der Waals surface area contributed by atoms with Crippen molar-refractivity contribution in [2.45, 2.75) is 19.8 Å². The van der Waals surface area contributed by atoms with Gasteiger partial charge < -0.3 is 0 Å². The molecule has 0 saturated carbocycles. The number of ketones is 1. The molecule has 88 valence electrons. The highest BCUT2D eigenvalue weighted by Crippen LogP contribution is 2.20. The molecule has 0 heterocycles. The number of hydrogen-bond donors (Lipinski definition) is 1. The first kappa shape index (κ1) is 13.4. The Hall–Kier alpha value is -0.630. The van der Waals surface area contributed by atoms with E-state index in [1.54, 1.807) is 24.3 Å². The summed E-state index contributed by atoms with van der Waals surface area (Å²) in [7, 11) is -3.27. The first-order valence-corrected chi connectivity index (χ1v) is 8.65. The molecule has 0 aliphatic heterocycles. The number of hydrogen-bond acceptors (Lipinski definition) is 3. The van der Waals surface area contributed by atoms with Gasteiger partial charge in [-0.1, -0.05) is 19.1 Å². The van der Waals surface area contributed by atoms with Crippen molar-refractivity contribution in [1.82, 2.24) is 0 Å². The quantitative estimate of drug-likeness (QED) is 0.668. The molecule has 1 rings (SSSR count). The van der Waals surface area contributed by atoms with Crippen molar-refractivity contribution in [3.8, 4) is 0 Å². The predicted molar refractivity (Wildman–Crippen MR) is 72.1 cm³/mol. The Morgan fingerprint density at radius 2 is 1.81 bits per heavy atom. The van der Waals surface area contributed by atoms with Crippen LogP contribution in [0.4, 0.5) is 5.69 Å². The minimum absolute atomic E-state index is 0.0854. The standard InChI is InChI=1S/C10H12INO3S/c1-7(8(2)13)9-3-5-10(6-4-9)12-16(11,14)15/h3-7,12H,1-2H3/t7-/m0/s1. The number of anilines is 1. The number of rotatable bonds is 4. The van der Waals surface area contributed by atoms with Gasteiger partial charge in [0.1, 0.15) is 5.78 Å². The summed E-state index contributed by atoms with van der Waals surface area (Å²) in [6, 6.07) is 6.78. The smallest absolute Gasteiger partial charge is 0.286 e. The fourth-order valence-corrected chi connectivity index (χ4v) is 2.40. The van der Waals surface area contributed by atoms with Crippen molar-refractivity contribution in [2.75, 3.05) is 4.72 Å². The van der Waals surface area contributed by atoms with Gasteiger partial charge in [0.05, 0.1) is 21.2 Å². The van der Waals surface area contributed by atoms with E-state index in [9.17, 15) is 13.2 Å². The number of carbonyl (C=O) groups excluding carboxylic acids is 1. The van der Waals surface area contributed by atoms with Gasteiger partial charge in [-0.3, -0.25) is 9.52 Å². The third-order valence-corrected chi connectivity index (χ3v) is 3.40. The molecule has 0 aliphatic carbocycles. The van der Waals surface area contributed by atoms with Gasteiger partial charge in [0.15, 0.2) is 0 Å². The molecule has 0 bridgehead atoms. The van der Waals surface area contributed by atoms with Gasteiger partial charge in [0.25, 0.3) is 7.19 Å². The molecule has 0 aromatic heterocycles. The third kappa shape index (κ3) is 4.09. The van der Waals surface area contributed by atoms with Crippen LogP contribution in [0.5, 0.6) is 0 Å². The average molecular weight is 353 g/mol. The van der Waals surface area contributed by atoms with Crippen LogP contribution < -0.4 is 4.72 Å². The highest BCUT2D eigenvalue weighted by atomic mass is 127. The van der Waals surface area contributed by atoms with Gasteiger partial charge in [-0.05, 0) is 24.6 Å². The summed E-state index contributed by atoms with van der Waals surface area (Å²) < 4.78 is 24.2. The van der Waals surface area contributed by atoms with Crippen LogP contribution in [-0.2, 0) is 12.0 Å². The molecule has 0 radical (unpaired) electrons. The fourth-order valence-electron chi connectivity index (χ4n) is 1.22. The average Bonchev–Trinajstić information content (AvgIpc) is 2.15. The molecule has 1 aromatic rings. The Bertz CT molecular complexity index is 481. The number of carbonyl (C=O) groups is 1. The van der Waals surface area contributed by atoms with Gasteiger partial charge in [0.2, 0.25) is 0 Å². The highest BCUT2D eigenvalue weighted by Gasteiger charge is 2.10. The molecular formula is C10H12INO3S. The topological polar surface area (TPSA) is 63.2 Å². The molecule has 1 N–H and O–H groups in total. The van der Waals surface area contributed by atoms with E-state index in [1.807, 2.05) is 6.92 Å². The number of benzene rings is 1. The molecular weight excluding hydrogens is 341 g/mol. The van der Waals surface area contributed by atoms with Crippen molar-refractivity contribution in [3.63, 3.8) is 0 Å². The van der Waals surface area contributed by atoms with Crippen LogP contribution in [0.25, 0.3) is 0 Å². The summed E-state index contributed by atoms with van der Waals surface area (Å²) in [5.74, 6) is -0.0764. The Balaban J connectivity index is 2.87. The number of nitrogens with one attached hydrogen (secondary N) is 1. The maximum Gasteiger partial charge on any atom is 0.286 e. The van der Waals surface area contributed by atoms with E-state index in [0.717, 1.165) is 5.56 Å². The summed E-state index contributed by atoms with van der Waals surface area (Å²) in [6.07, 6.45) is 0. The summed E-state index contributed by atoms with van der Waals surface area (Å²) in [6.45, 7) is 3.35. The van der Waals surface area contributed by atoms with E-state index in [-0.39, 0.29) is 11.7 Å². The van der Waals surface area contributed by atoms with E-state index < -0.39 is 7.19 Å². The van der Waals surface area contributed by atoms with Crippen LogP contribution in [0.1, 0.15) is 25.3 Å². The Morgan fingerprint density at radius 3 is 2.19 bits per heavy atom. The molecule has 0 saturated heterocycles. The lowest BCUT2D eigenvalue weighted by Crippen LogP contribution is -2.06. The molecule has 0 amide bonds. The summed E-state index contributed by atoms with van der Waals surface area (Å²) in [5.41, 5.74) is 1.37. The molecule has 4 nitrogen and oxygen atoms in total. The van der Waals surface area contributed by atoms with Crippen LogP contribution in [0.3, 0.4) is 0 Å². The molecule has 16 heavy (non-hydrogen) atoms. The lowest BCUT2D eigenvalue weighted by molar-refractivity contribution is -0.118. The lowest BCUT2D eigenvalue weighted by Gasteiger charge is -2.09. The van der Waals surface area contributed by atoms with Crippen molar-refractivity contribution < 1.29 is 13.2 Å². The zero-order chi connectivity index (χ0) is 12.3. The van der Waals surface area contributed by atoms with E-state index >= 15 is 0 Å². The van der Waals surface area contributed by atoms with Crippen LogP contribution in [0, 0.1) is 0 Å². The first-order chi connectivity index (χ1) is 7.29. The van der Waals surface area contributed by atoms with Gasteiger partial charge >= 0.3 is 0 Å². The Labute approximate surface area is 107 Å². The Kier molecular flexibility index (Phi) is 4.31. The van der Waals surface area contributed by atoms with Crippen molar-refractivity contribution >= 4 is 39.9 Å². The molecule has 0 aliphatic rings. The number of halogens is 1. The molecule has 0 unspecified atom stereocenters. The summed E-state index contributed by atoms with van der Waals surface area (Å²) in [5, 5.41) is 0. The van der Waals surface area contributed by atoms with E-state index in [2.05, 4.69) is 4.72 Å². The van der Waals surface area contributed by atoms with E-state index in [4.69, 9.17) is 0 Å². The lowest BCUT2D eigenvalue weighted by atomic mass is 9.98. The van der Waals surface area contributed by atoms with Crippen LogP contribution >= 0.6 is 21.2 Å². The van der Waals surface area contributed by atoms with Crippen LogP contribution in [-0.4, -0.2) is 14.2 Å². The predicted octanol–water partition coefficient (Wildman–Crippen LogP) is 2.47. The zero-order valence-corrected chi connectivity index (χ0v) is 11.9. The maximum atomic E-state index is 11.1. The largest absolute Gasteiger partial charge is 0.299 e. The summed E-state index contributed by atoms with van der Waals surface area (Å²) >= 11 is 1.32. The van der Waals surface area contributed by atoms with Crippen molar-refractivity contribution in [3.05, 3.63) is 29.8 Å². The molecule has 1 aromatic carbocycles. The molecule has 0 fully saturated rings. The van der Waals surface area contributed by atoms with Crippen molar-refractivity contribution in [2.24, 2.45) is 0 Å². The number of Topliss-reactive ketones (excluding diaryl/α,β-unsaturated/α-hetero) is 1.